The molecule has 186 valence electrons. The second-order valence-electron chi connectivity index (χ2n) is 9.46. The second-order valence-corrected chi connectivity index (χ2v) is 9.46. The van der Waals surface area contributed by atoms with Crippen molar-refractivity contribution in [2.24, 2.45) is 16.2 Å². The number of epoxide rings is 1. The van der Waals surface area contributed by atoms with E-state index < -0.39 is 34.2 Å². The third-order valence-electron chi connectivity index (χ3n) is 6.63. The molecule has 2 atom stereocenters. The largest absolute Gasteiger partial charge is 0.465 e. The third-order valence-corrected chi connectivity index (χ3v) is 6.63. The van der Waals surface area contributed by atoms with Gasteiger partial charge in [0.2, 0.25) is 0 Å². The van der Waals surface area contributed by atoms with E-state index in [-0.39, 0.29) is 32.5 Å². The van der Waals surface area contributed by atoms with Gasteiger partial charge in [0.15, 0.2) is 0 Å². The smallest absolute Gasteiger partial charge is 0.314 e. The number of carbonyl (C=O) groups excluding carboxylic acids is 3. The molecule has 1 saturated heterocycles. The predicted molar refractivity (Wildman–Crippen MR) is 119 cm³/mol. The summed E-state index contributed by atoms with van der Waals surface area (Å²) in [4.78, 5) is 39.6. The molecule has 8 nitrogen and oxygen atoms in total. The lowest BCUT2D eigenvalue weighted by Gasteiger charge is -2.48. The molecule has 1 aliphatic heterocycles. The van der Waals surface area contributed by atoms with E-state index in [1.165, 1.54) is 0 Å². The Kier molecular flexibility index (Phi) is 11.1. The molecule has 1 rings (SSSR count). The van der Waals surface area contributed by atoms with Crippen molar-refractivity contribution in [3.63, 3.8) is 0 Å². The first-order valence-electron chi connectivity index (χ1n) is 11.7. The summed E-state index contributed by atoms with van der Waals surface area (Å²) < 4.78 is 26.8. The van der Waals surface area contributed by atoms with Crippen molar-refractivity contribution in [3.05, 3.63) is 0 Å². The first kappa shape index (κ1) is 28.4. The van der Waals surface area contributed by atoms with Crippen molar-refractivity contribution in [1.82, 2.24) is 0 Å². The number of rotatable bonds is 16. The molecule has 1 fully saturated rings. The van der Waals surface area contributed by atoms with Crippen LogP contribution in [-0.4, -0.2) is 63.7 Å². The van der Waals surface area contributed by atoms with Gasteiger partial charge in [0.1, 0.15) is 19.3 Å². The lowest BCUT2D eigenvalue weighted by molar-refractivity contribution is -0.198. The number of esters is 3. The zero-order chi connectivity index (χ0) is 24.4. The maximum Gasteiger partial charge on any atom is 0.314 e. The molecule has 0 N–H and O–H groups in total. The Balaban J connectivity index is 3.09. The van der Waals surface area contributed by atoms with Crippen molar-refractivity contribution in [2.45, 2.75) is 80.3 Å². The topological polar surface area (TPSA) is 101 Å². The highest BCUT2D eigenvalue weighted by Gasteiger charge is 2.65. The lowest BCUT2D eigenvalue weighted by atomic mass is 9.53. The minimum Gasteiger partial charge on any atom is -0.465 e. The van der Waals surface area contributed by atoms with E-state index in [0.29, 0.717) is 13.2 Å². The minimum absolute atomic E-state index is 0.0577. The van der Waals surface area contributed by atoms with Gasteiger partial charge in [-0.1, -0.05) is 26.2 Å². The highest BCUT2D eigenvalue weighted by molar-refractivity contribution is 5.93. The molecule has 2 unspecified atom stereocenters. The fourth-order valence-electron chi connectivity index (χ4n) is 3.57. The van der Waals surface area contributed by atoms with Crippen LogP contribution in [0.3, 0.4) is 0 Å². The lowest BCUT2D eigenvalue weighted by Crippen LogP contribution is -2.59. The summed E-state index contributed by atoms with van der Waals surface area (Å²) in [7, 11) is 0. The van der Waals surface area contributed by atoms with Crippen LogP contribution in [0.2, 0.25) is 0 Å². The van der Waals surface area contributed by atoms with Crippen molar-refractivity contribution >= 4 is 17.9 Å². The van der Waals surface area contributed by atoms with Crippen LogP contribution in [0.1, 0.15) is 74.1 Å². The zero-order valence-corrected chi connectivity index (χ0v) is 20.9. The molecule has 0 radical (unpaired) electrons. The summed E-state index contributed by atoms with van der Waals surface area (Å²) >= 11 is 0. The normalized spacial score (nSPS) is 17.9. The molecule has 32 heavy (non-hydrogen) atoms. The number of unbranched alkanes of at least 4 members (excludes halogenated alkanes) is 3. The SMILES string of the molecule is CCCCCCOC(=O)C(C)(C(C)(C)C(=O)OCCOCC)C(C)(C)C(=O)OCC1CO1. The first-order chi connectivity index (χ1) is 15.0. The second kappa shape index (κ2) is 12.5. The first-order valence-corrected chi connectivity index (χ1v) is 11.7. The molecular weight excluding hydrogens is 416 g/mol. The number of hydrogen-bond acceptors (Lipinski definition) is 8. The maximum atomic E-state index is 13.4. The molecule has 0 amide bonds. The summed E-state index contributed by atoms with van der Waals surface area (Å²) in [5, 5.41) is 0. The Bertz CT molecular complexity index is 623. The zero-order valence-electron chi connectivity index (χ0n) is 20.9. The van der Waals surface area contributed by atoms with Gasteiger partial charge in [-0.05, 0) is 48.0 Å². The van der Waals surface area contributed by atoms with Gasteiger partial charge >= 0.3 is 17.9 Å². The predicted octanol–water partition coefficient (Wildman–Crippen LogP) is 3.69. The maximum absolute atomic E-state index is 13.4. The molecule has 0 aromatic rings. The van der Waals surface area contributed by atoms with Crippen LogP contribution in [0.25, 0.3) is 0 Å². The molecule has 1 aliphatic rings. The molecule has 0 aliphatic carbocycles. The molecule has 0 spiro atoms. The van der Waals surface area contributed by atoms with Crippen molar-refractivity contribution < 1.29 is 38.1 Å². The van der Waals surface area contributed by atoms with Crippen LogP contribution in [0.15, 0.2) is 0 Å². The van der Waals surface area contributed by atoms with Crippen molar-refractivity contribution in [2.75, 3.05) is 39.6 Å². The van der Waals surface area contributed by atoms with E-state index in [1.807, 2.05) is 6.92 Å². The molecule has 0 aromatic heterocycles. The fraction of sp³-hybridized carbons (Fsp3) is 0.875. The van der Waals surface area contributed by atoms with E-state index in [1.54, 1.807) is 34.6 Å². The summed E-state index contributed by atoms with van der Waals surface area (Å²) in [6.07, 6.45) is 3.67. The molecular formula is C24H42O8. The molecule has 0 aromatic carbocycles. The number of hydrogen-bond donors (Lipinski definition) is 0. The molecule has 0 saturated carbocycles. The van der Waals surface area contributed by atoms with Gasteiger partial charge in [0.05, 0.1) is 36.1 Å². The number of carbonyl (C=O) groups is 3. The summed E-state index contributed by atoms with van der Waals surface area (Å²) in [5.41, 5.74) is -4.29. The van der Waals surface area contributed by atoms with Gasteiger partial charge < -0.3 is 23.7 Å². The average Bonchev–Trinajstić information content (AvgIpc) is 3.58. The van der Waals surface area contributed by atoms with Gasteiger partial charge in [-0.2, -0.15) is 0 Å². The Hall–Kier alpha value is -1.67. The van der Waals surface area contributed by atoms with Crippen LogP contribution >= 0.6 is 0 Å². The highest BCUT2D eigenvalue weighted by atomic mass is 16.6. The van der Waals surface area contributed by atoms with Crippen molar-refractivity contribution in [3.8, 4) is 0 Å². The van der Waals surface area contributed by atoms with Gasteiger partial charge in [-0.15, -0.1) is 0 Å². The number of ether oxygens (including phenoxy) is 5. The van der Waals surface area contributed by atoms with Crippen LogP contribution < -0.4 is 0 Å². The standard InChI is InChI=1S/C24H42O8/c1-8-10-11-12-13-29-21(27)24(7,22(3,4)19(25)30-15-14-28-9-2)23(5,6)20(26)32-17-18-16-31-18/h18H,8-17H2,1-7H3. The van der Waals surface area contributed by atoms with Crippen molar-refractivity contribution in [1.29, 1.82) is 0 Å². The van der Waals surface area contributed by atoms with E-state index in [4.69, 9.17) is 23.7 Å². The fourth-order valence-corrected chi connectivity index (χ4v) is 3.57. The van der Waals surface area contributed by atoms with Crippen LogP contribution in [0, 0.1) is 16.2 Å². The summed E-state index contributed by atoms with van der Waals surface area (Å²) in [6, 6.07) is 0. The van der Waals surface area contributed by atoms with Gasteiger partial charge in [0, 0.05) is 6.61 Å². The molecule has 0 bridgehead atoms. The monoisotopic (exact) mass is 458 g/mol. The van der Waals surface area contributed by atoms with E-state index in [9.17, 15) is 14.4 Å². The van der Waals surface area contributed by atoms with E-state index in [2.05, 4.69) is 6.92 Å². The Morgan fingerprint density at radius 3 is 1.88 bits per heavy atom. The Labute approximate surface area is 192 Å². The Morgan fingerprint density at radius 1 is 0.781 bits per heavy atom. The summed E-state index contributed by atoms with van der Waals surface area (Å²) in [5.74, 6) is -1.81. The van der Waals surface area contributed by atoms with Crippen LogP contribution in [0.5, 0.6) is 0 Å². The van der Waals surface area contributed by atoms with Gasteiger partial charge in [0.25, 0.3) is 0 Å². The highest BCUT2D eigenvalue weighted by Crippen LogP contribution is 2.54. The van der Waals surface area contributed by atoms with E-state index in [0.717, 1.165) is 25.7 Å². The summed E-state index contributed by atoms with van der Waals surface area (Å²) in [6.45, 7) is 13.7. The third kappa shape index (κ3) is 6.91. The average molecular weight is 459 g/mol. The molecule has 1 heterocycles. The van der Waals surface area contributed by atoms with Gasteiger partial charge in [-0.25, -0.2) is 0 Å². The van der Waals surface area contributed by atoms with Crippen LogP contribution in [-0.2, 0) is 38.1 Å². The van der Waals surface area contributed by atoms with Crippen LogP contribution in [0.4, 0.5) is 0 Å². The Morgan fingerprint density at radius 2 is 1.34 bits per heavy atom. The minimum atomic E-state index is -1.55. The quantitative estimate of drug-likeness (QED) is 0.149. The van der Waals surface area contributed by atoms with Gasteiger partial charge in [-0.3, -0.25) is 14.4 Å². The van der Waals surface area contributed by atoms with E-state index >= 15 is 0 Å². The molecule has 8 heteroatoms.